The SMILES string of the molecule is CCCCCCCCCCCCCCCCCC(O)C(=O)NC(COC1OC(CO)C(O)C(OS(=O)(=O)O)C1O)C(O)CCCCCCCC. The number of nitrogens with one attached hydrogen (secondary N) is 1. The summed E-state index contributed by atoms with van der Waals surface area (Å²) in [5.74, 6) is -0.674. The van der Waals surface area contributed by atoms with E-state index in [1.54, 1.807) is 0 Å². The summed E-state index contributed by atoms with van der Waals surface area (Å²) in [5, 5.41) is 54.7. The first kappa shape index (κ1) is 47.1. The van der Waals surface area contributed by atoms with Crippen molar-refractivity contribution in [3.63, 3.8) is 0 Å². The molecule has 0 spiro atoms. The predicted octanol–water partition coefficient (Wildman–Crippen LogP) is 4.85. The third-order valence-electron chi connectivity index (χ3n) is 9.52. The second-order valence-electron chi connectivity index (χ2n) is 14.0. The summed E-state index contributed by atoms with van der Waals surface area (Å²) < 4.78 is 47.1. The molecule has 0 saturated carbocycles. The second-order valence-corrected chi connectivity index (χ2v) is 15.1. The highest BCUT2D eigenvalue weighted by molar-refractivity contribution is 7.80. The van der Waals surface area contributed by atoms with Crippen LogP contribution in [-0.4, -0.2) is 107 Å². The van der Waals surface area contributed by atoms with Gasteiger partial charge in [0.1, 0.15) is 30.5 Å². The van der Waals surface area contributed by atoms with E-state index in [9.17, 15) is 38.7 Å². The number of aliphatic hydroxyl groups is 5. The van der Waals surface area contributed by atoms with E-state index >= 15 is 0 Å². The lowest BCUT2D eigenvalue weighted by atomic mass is 9.99. The number of aliphatic hydroxyl groups excluding tert-OH is 5. The van der Waals surface area contributed by atoms with Gasteiger partial charge in [0.15, 0.2) is 6.29 Å². The molecular formula is C36H71NO12S. The van der Waals surface area contributed by atoms with E-state index < -0.39 is 78.5 Å². The molecule has 8 unspecified atom stereocenters. The molecule has 0 aromatic carbocycles. The number of ether oxygens (including phenoxy) is 2. The van der Waals surface area contributed by atoms with Gasteiger partial charge in [-0.25, -0.2) is 4.18 Å². The molecule has 14 heteroatoms. The molecule has 1 saturated heterocycles. The van der Waals surface area contributed by atoms with E-state index in [-0.39, 0.29) is 6.42 Å². The Balaban J connectivity index is 2.56. The topological polar surface area (TPSA) is 212 Å². The molecule has 13 nitrogen and oxygen atoms in total. The first-order valence-corrected chi connectivity index (χ1v) is 20.9. The smallest absolute Gasteiger partial charge is 0.394 e. The average molecular weight is 742 g/mol. The minimum atomic E-state index is -5.09. The Kier molecular flexibility index (Phi) is 26.9. The molecule has 0 aliphatic carbocycles. The van der Waals surface area contributed by atoms with Gasteiger partial charge in [-0.05, 0) is 12.8 Å². The second kappa shape index (κ2) is 28.5. The molecular weight excluding hydrogens is 670 g/mol. The van der Waals surface area contributed by atoms with Gasteiger partial charge in [0, 0.05) is 0 Å². The standard InChI is InChI=1S/C36H71NO12S/c1-3-5-7-9-11-12-13-14-15-16-17-18-19-21-23-25-30(40)35(43)37-28(29(39)24-22-20-10-8-6-4-2)27-47-36-33(42)34(49-50(44,45)46)32(41)31(26-38)48-36/h28-34,36,38-42H,3-27H2,1-2H3,(H,37,43)(H,44,45,46). The number of hydrogen-bond donors (Lipinski definition) is 7. The van der Waals surface area contributed by atoms with Crippen molar-refractivity contribution in [3.8, 4) is 0 Å². The minimum Gasteiger partial charge on any atom is -0.394 e. The normalized spacial score (nSPS) is 23.1. The average Bonchev–Trinajstić information content (AvgIpc) is 3.08. The van der Waals surface area contributed by atoms with Gasteiger partial charge in [-0.2, -0.15) is 8.42 Å². The maximum atomic E-state index is 13.0. The van der Waals surface area contributed by atoms with Crippen LogP contribution in [0.2, 0.25) is 0 Å². The molecule has 0 radical (unpaired) electrons. The fraction of sp³-hybridized carbons (Fsp3) is 0.972. The molecule has 0 bridgehead atoms. The highest BCUT2D eigenvalue weighted by Crippen LogP contribution is 2.26. The molecule has 8 atom stereocenters. The maximum absolute atomic E-state index is 13.0. The molecule has 1 rings (SSSR count). The zero-order valence-electron chi connectivity index (χ0n) is 30.8. The lowest BCUT2D eigenvalue weighted by molar-refractivity contribution is -0.298. The van der Waals surface area contributed by atoms with Crippen molar-refractivity contribution in [3.05, 3.63) is 0 Å². The van der Waals surface area contributed by atoms with Crippen molar-refractivity contribution >= 4 is 16.3 Å². The van der Waals surface area contributed by atoms with E-state index in [1.165, 1.54) is 70.6 Å². The van der Waals surface area contributed by atoms with E-state index in [1.807, 2.05) is 0 Å². The summed E-state index contributed by atoms with van der Waals surface area (Å²) in [6, 6.07) is -1.02. The first-order valence-electron chi connectivity index (χ1n) is 19.5. The largest absolute Gasteiger partial charge is 0.397 e. The summed E-state index contributed by atoms with van der Waals surface area (Å²) in [6.45, 7) is 3.16. The van der Waals surface area contributed by atoms with Crippen LogP contribution in [0, 0.1) is 0 Å². The van der Waals surface area contributed by atoms with Crippen LogP contribution in [0.15, 0.2) is 0 Å². The number of rotatable bonds is 32. The third kappa shape index (κ3) is 21.6. The van der Waals surface area contributed by atoms with Crippen molar-refractivity contribution in [2.45, 2.75) is 210 Å². The van der Waals surface area contributed by atoms with Crippen LogP contribution >= 0.6 is 0 Å². The van der Waals surface area contributed by atoms with Crippen molar-refractivity contribution in [1.82, 2.24) is 5.32 Å². The van der Waals surface area contributed by atoms with Gasteiger partial charge in [-0.15, -0.1) is 0 Å². The van der Waals surface area contributed by atoms with E-state index in [0.717, 1.165) is 51.4 Å². The van der Waals surface area contributed by atoms with Crippen molar-refractivity contribution in [2.75, 3.05) is 13.2 Å². The highest BCUT2D eigenvalue weighted by atomic mass is 32.3. The zero-order chi connectivity index (χ0) is 37.2. The van der Waals surface area contributed by atoms with Gasteiger partial charge < -0.3 is 40.3 Å². The molecule has 298 valence electrons. The quantitative estimate of drug-likeness (QED) is 0.0364. The highest BCUT2D eigenvalue weighted by Gasteiger charge is 2.48. The Bertz CT molecular complexity index is 942. The molecule has 1 aliphatic rings. The van der Waals surface area contributed by atoms with E-state index in [0.29, 0.717) is 19.3 Å². The Morgan fingerprint density at radius 1 is 0.720 bits per heavy atom. The summed E-state index contributed by atoms with van der Waals surface area (Å²) in [4.78, 5) is 13.0. The number of amides is 1. The van der Waals surface area contributed by atoms with Gasteiger partial charge in [-0.3, -0.25) is 9.35 Å². The number of carbonyl (C=O) groups excluding carboxylic acids is 1. The first-order chi connectivity index (χ1) is 23.9. The van der Waals surface area contributed by atoms with Gasteiger partial charge in [0.25, 0.3) is 0 Å². The van der Waals surface area contributed by atoms with Crippen LogP contribution < -0.4 is 5.32 Å². The van der Waals surface area contributed by atoms with Gasteiger partial charge >= 0.3 is 10.4 Å². The maximum Gasteiger partial charge on any atom is 0.397 e. The molecule has 0 aromatic heterocycles. The van der Waals surface area contributed by atoms with Crippen molar-refractivity contribution in [1.29, 1.82) is 0 Å². The van der Waals surface area contributed by atoms with Crippen molar-refractivity contribution < 1.29 is 57.0 Å². The molecule has 1 amide bonds. The van der Waals surface area contributed by atoms with Crippen LogP contribution in [0.5, 0.6) is 0 Å². The number of carbonyl (C=O) groups is 1. The minimum absolute atomic E-state index is 0.264. The molecule has 7 N–H and O–H groups in total. The lowest BCUT2D eigenvalue weighted by Gasteiger charge is -2.41. The third-order valence-corrected chi connectivity index (χ3v) is 9.99. The molecule has 0 aromatic rings. The lowest BCUT2D eigenvalue weighted by Crippen LogP contribution is -2.61. The van der Waals surface area contributed by atoms with Gasteiger partial charge in [0.05, 0.1) is 25.4 Å². The van der Waals surface area contributed by atoms with Crippen LogP contribution in [0.25, 0.3) is 0 Å². The Morgan fingerprint density at radius 2 is 1.16 bits per heavy atom. The molecule has 50 heavy (non-hydrogen) atoms. The monoisotopic (exact) mass is 741 g/mol. The fourth-order valence-corrected chi connectivity index (χ4v) is 6.85. The van der Waals surface area contributed by atoms with Gasteiger partial charge in [-0.1, -0.05) is 149 Å². The van der Waals surface area contributed by atoms with Crippen LogP contribution in [-0.2, 0) is 28.9 Å². The Morgan fingerprint density at radius 3 is 1.60 bits per heavy atom. The number of hydrogen-bond acceptors (Lipinski definition) is 11. The van der Waals surface area contributed by atoms with Crippen molar-refractivity contribution in [2.24, 2.45) is 0 Å². The van der Waals surface area contributed by atoms with E-state index in [4.69, 9.17) is 14.0 Å². The van der Waals surface area contributed by atoms with Gasteiger partial charge in [0.2, 0.25) is 5.91 Å². The van der Waals surface area contributed by atoms with Crippen LogP contribution in [0.4, 0.5) is 0 Å². The molecule has 1 heterocycles. The molecule has 1 fully saturated rings. The van der Waals surface area contributed by atoms with E-state index in [2.05, 4.69) is 23.3 Å². The molecule has 1 aliphatic heterocycles. The zero-order valence-corrected chi connectivity index (χ0v) is 31.7. The predicted molar refractivity (Wildman–Crippen MR) is 192 cm³/mol. The summed E-state index contributed by atoms with van der Waals surface area (Å²) in [6.07, 6.45) is 13.5. The Labute approximate surface area is 301 Å². The van der Waals surface area contributed by atoms with Crippen LogP contribution in [0.3, 0.4) is 0 Å². The summed E-state index contributed by atoms with van der Waals surface area (Å²) >= 11 is 0. The summed E-state index contributed by atoms with van der Waals surface area (Å²) in [5.41, 5.74) is 0. The number of unbranched alkanes of at least 4 members (excludes halogenated alkanes) is 19. The summed E-state index contributed by atoms with van der Waals surface area (Å²) in [7, 11) is -5.09. The Hall–Kier alpha value is -0.940. The van der Waals surface area contributed by atoms with Crippen LogP contribution in [0.1, 0.15) is 162 Å². The fourth-order valence-electron chi connectivity index (χ4n) is 6.35.